The zero-order valence-corrected chi connectivity index (χ0v) is 10.8. The quantitative estimate of drug-likeness (QED) is 0.820. The van der Waals surface area contributed by atoms with Gasteiger partial charge in [0.2, 0.25) is 0 Å². The lowest BCUT2D eigenvalue weighted by Crippen LogP contribution is -2.18. The summed E-state index contributed by atoms with van der Waals surface area (Å²) in [6.45, 7) is 0.605. The normalized spacial score (nSPS) is 12.3. The van der Waals surface area contributed by atoms with Crippen LogP contribution in [0.2, 0.25) is 0 Å². The predicted molar refractivity (Wildman–Crippen MR) is 69.5 cm³/mol. The van der Waals surface area contributed by atoms with Gasteiger partial charge in [-0.25, -0.2) is 0 Å². The van der Waals surface area contributed by atoms with Crippen LogP contribution in [0.4, 0.5) is 0 Å². The maximum atomic E-state index is 10.8. The van der Waals surface area contributed by atoms with Gasteiger partial charge >= 0.3 is 0 Å². The van der Waals surface area contributed by atoms with E-state index >= 15 is 0 Å². The highest BCUT2D eigenvalue weighted by molar-refractivity contribution is 8.23. The standard InChI is InChI=1S/C9H13NO2S3/c1-15(11)6-5-14-9(13)10-7-8-3-2-4-12-8/h2-4H,5-7H2,1H3,(H,10,13)/t15-/m0/s1. The molecule has 0 unspecified atom stereocenters. The lowest BCUT2D eigenvalue weighted by atomic mass is 10.4. The zero-order valence-electron chi connectivity index (χ0n) is 8.39. The minimum absolute atomic E-state index is 0.605. The summed E-state index contributed by atoms with van der Waals surface area (Å²) in [6, 6.07) is 3.73. The summed E-state index contributed by atoms with van der Waals surface area (Å²) in [6.07, 6.45) is 3.33. The lowest BCUT2D eigenvalue weighted by Gasteiger charge is -2.04. The van der Waals surface area contributed by atoms with Crippen LogP contribution in [-0.4, -0.2) is 26.3 Å². The SMILES string of the molecule is C[S@](=O)CCSC(=S)NCc1ccco1. The van der Waals surface area contributed by atoms with Gasteiger partial charge in [0.05, 0.1) is 12.8 Å². The van der Waals surface area contributed by atoms with E-state index in [4.69, 9.17) is 16.6 Å². The van der Waals surface area contributed by atoms with Crippen LogP contribution in [-0.2, 0) is 17.3 Å². The minimum Gasteiger partial charge on any atom is -0.467 e. The van der Waals surface area contributed by atoms with Gasteiger partial charge in [0, 0.05) is 28.6 Å². The van der Waals surface area contributed by atoms with Crippen molar-refractivity contribution in [3.8, 4) is 0 Å². The second kappa shape index (κ2) is 7.03. The number of hydrogen-bond acceptors (Lipinski definition) is 4. The fourth-order valence-electron chi connectivity index (χ4n) is 0.875. The summed E-state index contributed by atoms with van der Waals surface area (Å²) in [5.41, 5.74) is 0. The van der Waals surface area contributed by atoms with Crippen LogP contribution in [0.1, 0.15) is 5.76 Å². The van der Waals surface area contributed by atoms with Crippen molar-refractivity contribution in [2.24, 2.45) is 0 Å². The Bertz CT molecular complexity index is 324. The molecule has 0 aliphatic rings. The van der Waals surface area contributed by atoms with Crippen LogP contribution in [0.15, 0.2) is 22.8 Å². The van der Waals surface area contributed by atoms with Gasteiger partial charge in [0.1, 0.15) is 10.1 Å². The first-order chi connectivity index (χ1) is 7.18. The van der Waals surface area contributed by atoms with Crippen molar-refractivity contribution in [3.63, 3.8) is 0 Å². The van der Waals surface area contributed by atoms with Crippen molar-refractivity contribution in [1.29, 1.82) is 0 Å². The maximum Gasteiger partial charge on any atom is 0.134 e. The van der Waals surface area contributed by atoms with Crippen molar-refractivity contribution < 1.29 is 8.63 Å². The molecule has 0 spiro atoms. The number of rotatable bonds is 5. The molecule has 0 bridgehead atoms. The molecule has 0 amide bonds. The number of nitrogens with one attached hydrogen (secondary N) is 1. The molecule has 1 heterocycles. The molecule has 0 aliphatic carbocycles. The Kier molecular flexibility index (Phi) is 5.97. The summed E-state index contributed by atoms with van der Waals surface area (Å²) in [5.74, 6) is 2.32. The van der Waals surface area contributed by atoms with Gasteiger partial charge in [-0.2, -0.15) is 0 Å². The Hall–Kier alpha value is -0.330. The number of hydrogen-bond donors (Lipinski definition) is 1. The molecule has 0 aromatic carbocycles. The molecule has 6 heteroatoms. The summed E-state index contributed by atoms with van der Waals surface area (Å²) in [4.78, 5) is 0. The Morgan fingerprint density at radius 2 is 2.53 bits per heavy atom. The van der Waals surface area contributed by atoms with Crippen molar-refractivity contribution in [1.82, 2.24) is 5.32 Å². The fourth-order valence-corrected chi connectivity index (χ4v) is 2.83. The monoisotopic (exact) mass is 263 g/mol. The molecule has 15 heavy (non-hydrogen) atoms. The third-order valence-corrected chi connectivity index (χ3v) is 3.94. The topological polar surface area (TPSA) is 42.2 Å². The summed E-state index contributed by atoms with van der Waals surface area (Å²) in [5, 5.41) is 3.06. The van der Waals surface area contributed by atoms with E-state index in [1.54, 1.807) is 12.5 Å². The molecule has 0 aliphatic heterocycles. The molecule has 1 aromatic rings. The van der Waals surface area contributed by atoms with Crippen molar-refractivity contribution in [3.05, 3.63) is 24.2 Å². The Morgan fingerprint density at radius 1 is 1.73 bits per heavy atom. The van der Waals surface area contributed by atoms with Gasteiger partial charge in [-0.15, -0.1) is 0 Å². The summed E-state index contributed by atoms with van der Waals surface area (Å²) >= 11 is 6.60. The highest BCUT2D eigenvalue weighted by atomic mass is 32.2. The molecule has 0 radical (unpaired) electrons. The van der Waals surface area contributed by atoms with Crippen LogP contribution in [0, 0.1) is 0 Å². The molecule has 0 fully saturated rings. The predicted octanol–water partition coefficient (Wildman–Crippen LogP) is 1.77. The van der Waals surface area contributed by atoms with Crippen LogP contribution in [0.25, 0.3) is 0 Å². The van der Waals surface area contributed by atoms with E-state index < -0.39 is 10.8 Å². The number of furan rings is 1. The van der Waals surface area contributed by atoms with E-state index in [2.05, 4.69) is 5.32 Å². The molecule has 84 valence electrons. The fraction of sp³-hybridized carbons (Fsp3) is 0.444. The highest BCUT2D eigenvalue weighted by Gasteiger charge is 2.00. The average molecular weight is 263 g/mol. The first kappa shape index (κ1) is 12.7. The third-order valence-electron chi connectivity index (χ3n) is 1.59. The molecule has 0 saturated carbocycles. The van der Waals surface area contributed by atoms with Gasteiger partial charge in [-0.3, -0.25) is 4.21 Å². The lowest BCUT2D eigenvalue weighted by molar-refractivity contribution is 0.504. The van der Waals surface area contributed by atoms with Gasteiger partial charge < -0.3 is 9.73 Å². The Morgan fingerprint density at radius 3 is 3.13 bits per heavy atom. The number of thiocarbonyl (C=S) groups is 1. The maximum absolute atomic E-state index is 10.8. The van der Waals surface area contributed by atoms with E-state index in [0.717, 1.165) is 15.8 Å². The highest BCUT2D eigenvalue weighted by Crippen LogP contribution is 2.04. The molecular weight excluding hydrogens is 250 g/mol. The van der Waals surface area contributed by atoms with Gasteiger partial charge in [-0.1, -0.05) is 24.0 Å². The molecule has 1 rings (SSSR count). The minimum atomic E-state index is -0.742. The molecule has 0 saturated heterocycles. The van der Waals surface area contributed by atoms with Gasteiger partial charge in [0.15, 0.2) is 0 Å². The average Bonchev–Trinajstić information content (AvgIpc) is 2.66. The largest absolute Gasteiger partial charge is 0.467 e. The van der Waals surface area contributed by atoms with E-state index in [0.29, 0.717) is 12.3 Å². The number of thioether (sulfide) groups is 1. The van der Waals surface area contributed by atoms with Crippen LogP contribution in [0.3, 0.4) is 0 Å². The smallest absolute Gasteiger partial charge is 0.134 e. The summed E-state index contributed by atoms with van der Waals surface area (Å²) in [7, 11) is -0.742. The van der Waals surface area contributed by atoms with Crippen molar-refractivity contribution in [2.75, 3.05) is 17.8 Å². The van der Waals surface area contributed by atoms with E-state index in [-0.39, 0.29) is 0 Å². The molecule has 1 atom stereocenters. The first-order valence-corrected chi connectivity index (χ1v) is 7.53. The van der Waals surface area contributed by atoms with E-state index in [1.807, 2.05) is 12.1 Å². The molecule has 3 nitrogen and oxygen atoms in total. The second-order valence-electron chi connectivity index (χ2n) is 2.85. The third kappa shape index (κ3) is 5.96. The zero-order chi connectivity index (χ0) is 11.1. The van der Waals surface area contributed by atoms with E-state index in [1.165, 1.54) is 11.8 Å². The van der Waals surface area contributed by atoms with Gasteiger partial charge in [0.25, 0.3) is 0 Å². The molecule has 1 N–H and O–H groups in total. The molecular formula is C9H13NO2S3. The van der Waals surface area contributed by atoms with Crippen LogP contribution >= 0.6 is 24.0 Å². The first-order valence-electron chi connectivity index (χ1n) is 4.41. The van der Waals surface area contributed by atoms with Crippen molar-refractivity contribution in [2.45, 2.75) is 6.54 Å². The van der Waals surface area contributed by atoms with Crippen molar-refractivity contribution >= 4 is 39.1 Å². The summed E-state index contributed by atoms with van der Waals surface area (Å²) < 4.78 is 16.7. The van der Waals surface area contributed by atoms with Crippen LogP contribution in [0.5, 0.6) is 0 Å². The van der Waals surface area contributed by atoms with Gasteiger partial charge in [-0.05, 0) is 12.1 Å². The molecule has 1 aromatic heterocycles. The second-order valence-corrected chi connectivity index (χ2v) is 6.17. The Labute approximate surface area is 101 Å². The van der Waals surface area contributed by atoms with E-state index in [9.17, 15) is 4.21 Å². The Balaban J connectivity index is 2.11. The van der Waals surface area contributed by atoms with Crippen LogP contribution < -0.4 is 5.32 Å².